The molecule has 0 aromatic rings. The molecule has 1 aliphatic carbocycles. The van der Waals surface area contributed by atoms with Crippen molar-refractivity contribution in [3.8, 4) is 0 Å². The lowest BCUT2D eigenvalue weighted by molar-refractivity contribution is -0.105. The predicted octanol–water partition coefficient (Wildman–Crippen LogP) is 3.21. The average molecular weight is 217 g/mol. The van der Waals surface area contributed by atoms with E-state index in [1.54, 1.807) is 0 Å². The molecule has 0 amide bonds. The van der Waals surface area contributed by atoms with Gasteiger partial charge in [-0.05, 0) is 22.9 Å². The Morgan fingerprint density at radius 3 is 2.36 bits per heavy atom. The van der Waals surface area contributed by atoms with Crippen LogP contribution in [0.5, 0.6) is 0 Å². The normalized spacial score (nSPS) is 15.5. The van der Waals surface area contributed by atoms with Gasteiger partial charge in [-0.1, -0.05) is 41.9 Å². The minimum absolute atomic E-state index is 0.876. The Morgan fingerprint density at radius 2 is 2.00 bits per heavy atom. The van der Waals surface area contributed by atoms with E-state index in [1.165, 1.54) is 4.48 Å². The summed E-state index contributed by atoms with van der Waals surface area (Å²) in [4.78, 5) is 10.2. The van der Waals surface area contributed by atoms with Crippen molar-refractivity contribution in [2.24, 2.45) is 0 Å². The third-order valence-electron chi connectivity index (χ3n) is 1.28. The Labute approximate surface area is 76.3 Å². The SMILES string of the molecule is CC.O=CC1=CC=C(Br)CC1. The van der Waals surface area contributed by atoms with Gasteiger partial charge in [0.25, 0.3) is 0 Å². The van der Waals surface area contributed by atoms with Crippen molar-refractivity contribution in [1.29, 1.82) is 0 Å². The summed E-state index contributed by atoms with van der Waals surface area (Å²) in [5, 5.41) is 0. The summed E-state index contributed by atoms with van der Waals surface area (Å²) in [6, 6.07) is 0. The molecule has 0 unspecified atom stereocenters. The maximum absolute atomic E-state index is 10.2. The van der Waals surface area contributed by atoms with Gasteiger partial charge in [0, 0.05) is 0 Å². The molecule has 0 saturated carbocycles. The molecular formula is C9H13BrO. The van der Waals surface area contributed by atoms with Crippen molar-refractivity contribution in [3.63, 3.8) is 0 Å². The van der Waals surface area contributed by atoms with Gasteiger partial charge in [-0.25, -0.2) is 0 Å². The first-order valence-corrected chi connectivity index (χ1v) is 4.62. The van der Waals surface area contributed by atoms with Crippen LogP contribution >= 0.6 is 15.9 Å². The first-order chi connectivity index (χ1) is 5.33. The highest BCUT2D eigenvalue weighted by Crippen LogP contribution is 2.20. The Balaban J connectivity index is 0.000000461. The molecule has 0 saturated heterocycles. The Kier molecular flexibility index (Phi) is 6.13. The second-order valence-electron chi connectivity index (χ2n) is 1.97. The average Bonchev–Trinajstić information content (AvgIpc) is 2.10. The third kappa shape index (κ3) is 4.14. The summed E-state index contributed by atoms with van der Waals surface area (Å²) in [6.07, 6.45) is 6.52. The fourth-order valence-corrected chi connectivity index (χ4v) is 1.06. The number of allylic oxidation sites excluding steroid dienone is 4. The molecule has 0 aromatic carbocycles. The summed E-state index contributed by atoms with van der Waals surface area (Å²) in [7, 11) is 0. The standard InChI is InChI=1S/C7H7BrO.C2H6/c8-7-3-1-6(5-9)2-4-7;1-2/h1,3,5H,2,4H2;1-2H3. The lowest BCUT2D eigenvalue weighted by Crippen LogP contribution is -1.89. The van der Waals surface area contributed by atoms with Gasteiger partial charge in [0.1, 0.15) is 6.29 Å². The number of hydrogen-bond acceptors (Lipinski definition) is 1. The van der Waals surface area contributed by atoms with Crippen LogP contribution in [0.3, 0.4) is 0 Å². The maximum atomic E-state index is 10.2. The molecule has 0 radical (unpaired) electrons. The molecule has 2 heteroatoms. The zero-order valence-corrected chi connectivity index (χ0v) is 8.52. The number of carbonyl (C=O) groups excluding carboxylic acids is 1. The quantitative estimate of drug-likeness (QED) is 0.616. The van der Waals surface area contributed by atoms with E-state index in [0.29, 0.717) is 0 Å². The fraction of sp³-hybridized carbons (Fsp3) is 0.444. The smallest absolute Gasteiger partial charge is 0.146 e. The van der Waals surface area contributed by atoms with Gasteiger partial charge in [0.05, 0.1) is 0 Å². The topological polar surface area (TPSA) is 17.1 Å². The summed E-state index contributed by atoms with van der Waals surface area (Å²) in [5.74, 6) is 0. The van der Waals surface area contributed by atoms with Gasteiger partial charge in [-0.3, -0.25) is 4.79 Å². The van der Waals surface area contributed by atoms with E-state index in [9.17, 15) is 4.79 Å². The van der Waals surface area contributed by atoms with E-state index in [1.807, 2.05) is 26.0 Å². The molecule has 1 nitrogen and oxygen atoms in total. The molecular weight excluding hydrogens is 204 g/mol. The van der Waals surface area contributed by atoms with Gasteiger partial charge in [0.15, 0.2) is 0 Å². The minimum Gasteiger partial charge on any atom is -0.298 e. The third-order valence-corrected chi connectivity index (χ3v) is 1.94. The molecule has 0 bridgehead atoms. The molecule has 11 heavy (non-hydrogen) atoms. The van der Waals surface area contributed by atoms with E-state index < -0.39 is 0 Å². The monoisotopic (exact) mass is 216 g/mol. The van der Waals surface area contributed by atoms with Crippen LogP contribution in [0.4, 0.5) is 0 Å². The highest BCUT2D eigenvalue weighted by molar-refractivity contribution is 9.11. The number of hydrogen-bond donors (Lipinski definition) is 0. The van der Waals surface area contributed by atoms with E-state index in [2.05, 4.69) is 15.9 Å². The van der Waals surface area contributed by atoms with E-state index in [-0.39, 0.29) is 0 Å². The van der Waals surface area contributed by atoms with Crippen molar-refractivity contribution >= 4 is 22.2 Å². The van der Waals surface area contributed by atoms with Crippen molar-refractivity contribution in [2.45, 2.75) is 26.7 Å². The molecule has 0 spiro atoms. The molecule has 0 fully saturated rings. The Bertz CT molecular complexity index is 180. The Hall–Kier alpha value is -0.370. The van der Waals surface area contributed by atoms with E-state index in [0.717, 1.165) is 24.7 Å². The molecule has 0 aliphatic heterocycles. The lowest BCUT2D eigenvalue weighted by atomic mass is 10.1. The van der Waals surface area contributed by atoms with Crippen LogP contribution in [-0.4, -0.2) is 6.29 Å². The van der Waals surface area contributed by atoms with Gasteiger partial charge < -0.3 is 0 Å². The van der Waals surface area contributed by atoms with E-state index in [4.69, 9.17) is 0 Å². The number of aldehydes is 1. The van der Waals surface area contributed by atoms with Crippen LogP contribution in [0.1, 0.15) is 26.7 Å². The van der Waals surface area contributed by atoms with Gasteiger partial charge in [0.2, 0.25) is 0 Å². The van der Waals surface area contributed by atoms with Crippen LogP contribution in [0.15, 0.2) is 22.2 Å². The van der Waals surface area contributed by atoms with Crippen molar-refractivity contribution < 1.29 is 4.79 Å². The first kappa shape index (κ1) is 10.6. The van der Waals surface area contributed by atoms with Crippen LogP contribution in [0.2, 0.25) is 0 Å². The molecule has 0 aromatic heterocycles. The van der Waals surface area contributed by atoms with Crippen LogP contribution < -0.4 is 0 Å². The number of carbonyl (C=O) groups is 1. The summed E-state index contributed by atoms with van der Waals surface area (Å²) < 4.78 is 1.17. The van der Waals surface area contributed by atoms with Gasteiger partial charge in [-0.2, -0.15) is 0 Å². The van der Waals surface area contributed by atoms with Crippen molar-refractivity contribution in [1.82, 2.24) is 0 Å². The Morgan fingerprint density at radius 1 is 1.36 bits per heavy atom. The predicted molar refractivity (Wildman–Crippen MR) is 51.7 cm³/mol. The summed E-state index contributed by atoms with van der Waals surface area (Å²) in [5.41, 5.74) is 0.887. The van der Waals surface area contributed by atoms with Crippen molar-refractivity contribution in [3.05, 3.63) is 22.2 Å². The molecule has 0 N–H and O–H groups in total. The molecule has 62 valence electrons. The fourth-order valence-electron chi connectivity index (χ4n) is 0.726. The highest BCUT2D eigenvalue weighted by Gasteiger charge is 2.01. The second kappa shape index (κ2) is 6.35. The van der Waals surface area contributed by atoms with Crippen molar-refractivity contribution in [2.75, 3.05) is 0 Å². The molecule has 0 atom stereocenters. The lowest BCUT2D eigenvalue weighted by Gasteiger charge is -2.03. The van der Waals surface area contributed by atoms with Crippen LogP contribution in [-0.2, 0) is 4.79 Å². The van der Waals surface area contributed by atoms with Crippen LogP contribution in [0.25, 0.3) is 0 Å². The zero-order chi connectivity index (χ0) is 8.69. The molecule has 1 rings (SSSR count). The molecule has 0 heterocycles. The maximum Gasteiger partial charge on any atom is 0.146 e. The summed E-state index contributed by atoms with van der Waals surface area (Å²) >= 11 is 3.35. The van der Waals surface area contributed by atoms with Crippen LogP contribution in [0, 0.1) is 0 Å². The number of halogens is 1. The van der Waals surface area contributed by atoms with E-state index >= 15 is 0 Å². The largest absolute Gasteiger partial charge is 0.298 e. The number of rotatable bonds is 1. The molecule has 1 aliphatic rings. The summed E-state index contributed by atoms with van der Waals surface area (Å²) in [6.45, 7) is 4.00. The highest BCUT2D eigenvalue weighted by atomic mass is 79.9. The second-order valence-corrected chi connectivity index (χ2v) is 2.99. The van der Waals surface area contributed by atoms with Gasteiger partial charge in [-0.15, -0.1) is 0 Å². The van der Waals surface area contributed by atoms with Gasteiger partial charge >= 0.3 is 0 Å². The minimum atomic E-state index is 0.876. The first-order valence-electron chi connectivity index (χ1n) is 3.83. The zero-order valence-electron chi connectivity index (χ0n) is 6.93.